The average Bonchev–Trinajstić information content (AvgIpc) is 4.24. The Labute approximate surface area is 355 Å². The summed E-state index contributed by atoms with van der Waals surface area (Å²) in [6.07, 6.45) is 14.1. The smallest absolute Gasteiger partial charge is 0.0904 e. The van der Waals surface area contributed by atoms with Gasteiger partial charge in [0, 0.05) is 33.6 Å². The highest BCUT2D eigenvalue weighted by Crippen LogP contribution is 2.66. The van der Waals surface area contributed by atoms with E-state index < -0.39 is 5.41 Å². The van der Waals surface area contributed by atoms with Crippen LogP contribution >= 0.6 is 0 Å². The maximum absolute atomic E-state index is 3.85. The highest BCUT2D eigenvalue weighted by atomic mass is 15.1. The van der Waals surface area contributed by atoms with E-state index in [2.05, 4.69) is 200 Å². The highest BCUT2D eigenvalue weighted by molar-refractivity contribution is 6.04. The summed E-state index contributed by atoms with van der Waals surface area (Å²) >= 11 is 0. The first-order valence-corrected chi connectivity index (χ1v) is 22.0. The first kappa shape index (κ1) is 35.4. The second-order valence-electron chi connectivity index (χ2n) is 18.2. The number of benzene rings is 6. The number of anilines is 5. The predicted molar refractivity (Wildman–Crippen MR) is 248 cm³/mol. The van der Waals surface area contributed by atoms with E-state index >= 15 is 0 Å². The second-order valence-corrected chi connectivity index (χ2v) is 18.2. The van der Waals surface area contributed by atoms with Crippen molar-refractivity contribution in [3.8, 4) is 22.3 Å². The van der Waals surface area contributed by atoms with Crippen molar-refractivity contribution in [2.75, 3.05) is 10.2 Å². The number of fused-ring (bicyclic) bond motifs is 7. The number of rotatable bonds is 9. The molecule has 2 fully saturated rings. The molecule has 12 rings (SSSR count). The molecule has 7 aromatic rings. The van der Waals surface area contributed by atoms with Crippen LogP contribution < -0.4 is 10.2 Å². The quantitative estimate of drug-likeness (QED) is 0.157. The number of hydrogen-bond donors (Lipinski definition) is 1. The van der Waals surface area contributed by atoms with Gasteiger partial charge in [0.1, 0.15) is 0 Å². The molecule has 1 N–H and O–H groups in total. The van der Waals surface area contributed by atoms with Crippen molar-refractivity contribution in [2.24, 2.45) is 0 Å². The van der Waals surface area contributed by atoms with Gasteiger partial charge in [-0.25, -0.2) is 0 Å². The van der Waals surface area contributed by atoms with Gasteiger partial charge in [-0.3, -0.25) is 0 Å². The average molecular weight is 773 g/mol. The summed E-state index contributed by atoms with van der Waals surface area (Å²) in [4.78, 5) is 2.57. The third kappa shape index (κ3) is 5.42. The van der Waals surface area contributed by atoms with Crippen molar-refractivity contribution < 1.29 is 0 Å². The lowest BCUT2D eigenvalue weighted by molar-refractivity contribution is 0.659. The van der Waals surface area contributed by atoms with Crippen LogP contribution in [0.5, 0.6) is 0 Å². The molecule has 60 heavy (non-hydrogen) atoms. The maximum Gasteiger partial charge on any atom is 0.0904 e. The van der Waals surface area contributed by atoms with Gasteiger partial charge in [-0.05, 0) is 155 Å². The molecule has 0 heterocycles. The fourth-order valence-electron chi connectivity index (χ4n) is 11.0. The number of nitrogens with one attached hydrogen (secondary N) is 1. The van der Waals surface area contributed by atoms with E-state index in [4.69, 9.17) is 0 Å². The molecule has 0 saturated heterocycles. The Balaban J connectivity index is 1.17. The summed E-state index contributed by atoms with van der Waals surface area (Å²) in [7, 11) is 0. The summed E-state index contributed by atoms with van der Waals surface area (Å²) in [6, 6.07) is 62.5. The van der Waals surface area contributed by atoms with Crippen LogP contribution in [0.25, 0.3) is 22.3 Å². The molecule has 1 atom stereocenters. The van der Waals surface area contributed by atoms with E-state index in [1.807, 2.05) is 0 Å². The van der Waals surface area contributed by atoms with Crippen LogP contribution in [0, 0.1) is 12.1 Å². The molecule has 0 aromatic heterocycles. The van der Waals surface area contributed by atoms with Crippen molar-refractivity contribution in [2.45, 2.75) is 75.0 Å². The van der Waals surface area contributed by atoms with Crippen molar-refractivity contribution in [3.05, 3.63) is 220 Å². The van der Waals surface area contributed by atoms with Gasteiger partial charge in [-0.15, -0.1) is 0 Å². The predicted octanol–water partition coefficient (Wildman–Crippen LogP) is 15.2. The van der Waals surface area contributed by atoms with Crippen LogP contribution in [0.4, 0.5) is 28.4 Å². The third-order valence-electron chi connectivity index (χ3n) is 14.1. The molecule has 0 spiro atoms. The molecule has 2 nitrogen and oxygen atoms in total. The topological polar surface area (TPSA) is 15.3 Å². The summed E-state index contributed by atoms with van der Waals surface area (Å²) in [5, 5.41) is 3.77. The Bertz CT molecular complexity index is 2890. The van der Waals surface area contributed by atoms with Crippen molar-refractivity contribution in [1.82, 2.24) is 0 Å². The van der Waals surface area contributed by atoms with Gasteiger partial charge in [0.25, 0.3) is 0 Å². The molecule has 0 amide bonds. The van der Waals surface area contributed by atoms with E-state index in [1.54, 1.807) is 0 Å². The van der Waals surface area contributed by atoms with Crippen molar-refractivity contribution in [3.63, 3.8) is 0 Å². The summed E-state index contributed by atoms with van der Waals surface area (Å²) in [6.45, 7) is 4.87. The largest absolute Gasteiger partial charge is 0.349 e. The zero-order valence-electron chi connectivity index (χ0n) is 34.4. The Hall–Kier alpha value is -6.56. The van der Waals surface area contributed by atoms with Crippen molar-refractivity contribution in [1.29, 1.82) is 0 Å². The molecular formula is C58H48N2. The van der Waals surface area contributed by atoms with Crippen molar-refractivity contribution >= 4 is 28.4 Å². The third-order valence-corrected chi connectivity index (χ3v) is 14.1. The second kappa shape index (κ2) is 13.5. The van der Waals surface area contributed by atoms with Gasteiger partial charge in [-0.2, -0.15) is 0 Å². The van der Waals surface area contributed by atoms with Crippen LogP contribution in [-0.2, 0) is 10.8 Å². The number of nitrogens with zero attached hydrogens (tertiary/aromatic N) is 1. The lowest BCUT2D eigenvalue weighted by Crippen LogP contribution is -2.31. The molecule has 290 valence electrons. The Morgan fingerprint density at radius 1 is 0.617 bits per heavy atom. The monoisotopic (exact) mass is 772 g/mol. The molecule has 2 heteroatoms. The van der Waals surface area contributed by atoms with Gasteiger partial charge >= 0.3 is 0 Å². The fraction of sp³-hybridized carbons (Fsp3) is 0.207. The van der Waals surface area contributed by atoms with Gasteiger partial charge in [-0.1, -0.05) is 141 Å². The molecule has 0 radical (unpaired) electrons. The zero-order chi connectivity index (χ0) is 40.0. The van der Waals surface area contributed by atoms with Gasteiger partial charge in [0.2, 0.25) is 0 Å². The minimum atomic E-state index is -0.482. The van der Waals surface area contributed by atoms with Crippen LogP contribution in [0.15, 0.2) is 169 Å². The minimum Gasteiger partial charge on any atom is -0.349 e. The SMILES string of the molecule is CC1(C)c2cc(Nc3cccc(C4CC4)c3)c#cc2-c2c3c(cc(N(c4ccccc4)c4cccc(C5CC5)c4)c21)C(C1=CC=CCC1)(c1ccccc1)c1ccccc1-3. The van der Waals surface area contributed by atoms with E-state index in [-0.39, 0.29) is 5.41 Å². The van der Waals surface area contributed by atoms with E-state index in [1.165, 1.54) is 98.3 Å². The lowest BCUT2D eigenvalue weighted by atomic mass is 9.65. The summed E-state index contributed by atoms with van der Waals surface area (Å²) in [5.74, 6) is 1.33. The van der Waals surface area contributed by atoms with Crippen LogP contribution in [0.1, 0.15) is 103 Å². The zero-order valence-corrected chi connectivity index (χ0v) is 34.4. The molecule has 0 bridgehead atoms. The first-order chi connectivity index (χ1) is 29.5. The Morgan fingerprint density at radius 2 is 1.32 bits per heavy atom. The molecule has 5 aliphatic rings. The highest BCUT2D eigenvalue weighted by Gasteiger charge is 2.52. The Morgan fingerprint density at radius 3 is 2.07 bits per heavy atom. The molecular weight excluding hydrogens is 725 g/mol. The Kier molecular flexibility index (Phi) is 7.95. The van der Waals surface area contributed by atoms with E-state index in [0.29, 0.717) is 11.8 Å². The summed E-state index contributed by atoms with van der Waals surface area (Å²) < 4.78 is 0. The molecule has 1 unspecified atom stereocenters. The number of hydrogen-bond acceptors (Lipinski definition) is 2. The van der Waals surface area contributed by atoms with Crippen LogP contribution in [0.2, 0.25) is 0 Å². The van der Waals surface area contributed by atoms with Gasteiger partial charge in [0.05, 0.1) is 16.8 Å². The molecule has 5 aliphatic carbocycles. The van der Waals surface area contributed by atoms with Gasteiger partial charge in [0.15, 0.2) is 0 Å². The lowest BCUT2D eigenvalue weighted by Gasteiger charge is -2.38. The molecule has 2 saturated carbocycles. The van der Waals surface area contributed by atoms with E-state index in [9.17, 15) is 0 Å². The van der Waals surface area contributed by atoms with Gasteiger partial charge < -0.3 is 10.2 Å². The normalized spacial score (nSPS) is 19.1. The summed E-state index contributed by atoms with van der Waals surface area (Å²) in [5.41, 5.74) is 20.8. The standard InChI is InChI=1S/C58H48N2/c1-57(2)51-36-45(59-44-22-14-16-40(34-44)38-28-29-38)32-33-49(51)55-54-48-26-12-13-27-50(48)58(42-18-6-3-7-19-42,43-20-8-4-9-21-43)52(54)37-53(56(55)57)60(46-23-10-5-11-24-46)47-25-15-17-41(35-47)39-30-31-39/h3-8,10-20,22-27,34-39,59H,9,21,28-31H2,1-2H3. The minimum absolute atomic E-state index is 0.367. The molecule has 7 aromatic carbocycles. The van der Waals surface area contributed by atoms with Crippen LogP contribution in [-0.4, -0.2) is 0 Å². The molecule has 0 aliphatic heterocycles. The number of para-hydroxylation sites is 1. The van der Waals surface area contributed by atoms with Crippen LogP contribution in [0.3, 0.4) is 0 Å². The number of allylic oxidation sites excluding steroid dienone is 4. The maximum atomic E-state index is 3.85. The van der Waals surface area contributed by atoms with E-state index in [0.717, 1.165) is 35.5 Å². The fourth-order valence-corrected chi connectivity index (χ4v) is 11.0. The first-order valence-electron chi connectivity index (χ1n) is 22.0.